The number of hydrogen-bond donors (Lipinski definition) is 2. The third-order valence-electron chi connectivity index (χ3n) is 4.55. The van der Waals surface area contributed by atoms with Gasteiger partial charge < -0.3 is 14.8 Å². The number of carbonyl (C=O) groups is 3. The first-order chi connectivity index (χ1) is 16.3. The van der Waals surface area contributed by atoms with Crippen LogP contribution in [0.3, 0.4) is 0 Å². The predicted octanol–water partition coefficient (Wildman–Crippen LogP) is 4.73. The van der Waals surface area contributed by atoms with E-state index in [1.165, 1.54) is 19.4 Å². The Bertz CT molecular complexity index is 1280. The minimum absolute atomic E-state index is 0.213. The Balaban J connectivity index is 1.62. The molecule has 2 amide bonds. The van der Waals surface area contributed by atoms with E-state index >= 15 is 0 Å². The number of nitrogens with zero attached hydrogens (tertiary/aromatic N) is 1. The molecule has 34 heavy (non-hydrogen) atoms. The van der Waals surface area contributed by atoms with Crippen molar-refractivity contribution in [2.75, 3.05) is 12.4 Å². The monoisotopic (exact) mass is 543 g/mol. The summed E-state index contributed by atoms with van der Waals surface area (Å²) in [6, 6.07) is 16.5. The molecule has 10 heteroatoms. The number of nitrogens with one attached hydrogen (secondary N) is 2. The van der Waals surface area contributed by atoms with E-state index in [9.17, 15) is 14.4 Å². The first kappa shape index (κ1) is 24.9. The molecule has 0 aliphatic heterocycles. The van der Waals surface area contributed by atoms with Crippen molar-refractivity contribution in [3.8, 4) is 11.5 Å². The van der Waals surface area contributed by atoms with Gasteiger partial charge in [0.05, 0.1) is 18.9 Å². The first-order valence-electron chi connectivity index (χ1n) is 9.83. The smallest absolute Gasteiger partial charge is 0.343 e. The van der Waals surface area contributed by atoms with Gasteiger partial charge in [-0.15, -0.1) is 0 Å². The highest BCUT2D eigenvalue weighted by Gasteiger charge is 2.15. The van der Waals surface area contributed by atoms with Crippen LogP contribution in [0.4, 0.5) is 5.69 Å². The normalized spacial score (nSPS) is 10.6. The lowest BCUT2D eigenvalue weighted by molar-refractivity contribution is -0.136. The van der Waals surface area contributed by atoms with Gasteiger partial charge in [-0.1, -0.05) is 39.7 Å². The highest BCUT2D eigenvalue weighted by atomic mass is 79.9. The summed E-state index contributed by atoms with van der Waals surface area (Å²) < 4.78 is 11.5. The van der Waals surface area contributed by atoms with Crippen LogP contribution >= 0.6 is 27.5 Å². The van der Waals surface area contributed by atoms with Crippen LogP contribution in [-0.2, 0) is 9.59 Å². The molecular weight excluding hydrogens is 526 g/mol. The quantitative estimate of drug-likeness (QED) is 0.153. The van der Waals surface area contributed by atoms with Crippen LogP contribution in [0, 0.1) is 6.92 Å². The lowest BCUT2D eigenvalue weighted by Gasteiger charge is -2.10. The lowest BCUT2D eigenvalue weighted by atomic mass is 10.2. The van der Waals surface area contributed by atoms with E-state index in [1.807, 2.05) is 0 Å². The average molecular weight is 545 g/mol. The van der Waals surface area contributed by atoms with E-state index in [4.69, 9.17) is 21.1 Å². The van der Waals surface area contributed by atoms with Gasteiger partial charge in [0.2, 0.25) is 0 Å². The molecule has 2 N–H and O–H groups in total. The van der Waals surface area contributed by atoms with Crippen molar-refractivity contribution < 1.29 is 23.9 Å². The second-order valence-electron chi connectivity index (χ2n) is 6.88. The Morgan fingerprint density at radius 2 is 1.76 bits per heavy atom. The molecule has 0 atom stereocenters. The zero-order valence-electron chi connectivity index (χ0n) is 18.1. The SMILES string of the molecule is COc1cc(C=NNC(=O)C(=O)Nc2cccc(Cl)c2C)ccc1OC(=O)c1cccc(Br)c1. The summed E-state index contributed by atoms with van der Waals surface area (Å²) in [5, 5.41) is 6.74. The molecule has 3 aromatic carbocycles. The van der Waals surface area contributed by atoms with Crippen molar-refractivity contribution in [3.05, 3.63) is 86.8 Å². The van der Waals surface area contributed by atoms with E-state index in [0.29, 0.717) is 27.4 Å². The fourth-order valence-corrected chi connectivity index (χ4v) is 3.33. The fourth-order valence-electron chi connectivity index (χ4n) is 2.76. The fraction of sp³-hybridized carbons (Fsp3) is 0.0833. The number of carbonyl (C=O) groups excluding carboxylic acids is 3. The Morgan fingerprint density at radius 3 is 2.50 bits per heavy atom. The minimum Gasteiger partial charge on any atom is -0.493 e. The largest absolute Gasteiger partial charge is 0.493 e. The first-order valence-corrected chi connectivity index (χ1v) is 11.0. The molecule has 0 fully saturated rings. The third kappa shape index (κ3) is 6.43. The van der Waals surface area contributed by atoms with Crippen molar-refractivity contribution in [3.63, 3.8) is 0 Å². The number of anilines is 1. The molecular formula is C24H19BrClN3O5. The lowest BCUT2D eigenvalue weighted by Crippen LogP contribution is -2.32. The molecule has 3 rings (SSSR count). The van der Waals surface area contributed by atoms with Gasteiger partial charge in [-0.25, -0.2) is 10.2 Å². The van der Waals surface area contributed by atoms with Crippen LogP contribution in [0.5, 0.6) is 11.5 Å². The van der Waals surface area contributed by atoms with Crippen LogP contribution < -0.4 is 20.2 Å². The minimum atomic E-state index is -0.956. The summed E-state index contributed by atoms with van der Waals surface area (Å²) in [6.07, 6.45) is 1.32. The molecule has 174 valence electrons. The number of amides is 2. The van der Waals surface area contributed by atoms with Crippen molar-refractivity contribution in [1.29, 1.82) is 0 Å². The standard InChI is InChI=1S/C24H19BrClN3O5/c1-14-18(26)7-4-8-19(14)28-22(30)23(31)29-27-13-15-9-10-20(21(11-15)33-2)34-24(32)16-5-3-6-17(25)12-16/h3-13H,1-2H3,(H,28,30)(H,29,31). The van der Waals surface area contributed by atoms with Gasteiger partial charge >= 0.3 is 17.8 Å². The summed E-state index contributed by atoms with van der Waals surface area (Å²) in [5.41, 5.74) is 4.12. The zero-order chi connectivity index (χ0) is 24.7. The number of ether oxygens (including phenoxy) is 2. The van der Waals surface area contributed by atoms with Gasteiger partial charge in [-0.3, -0.25) is 9.59 Å². The molecule has 0 aromatic heterocycles. The molecule has 8 nitrogen and oxygen atoms in total. The maximum Gasteiger partial charge on any atom is 0.343 e. The molecule has 0 saturated carbocycles. The molecule has 0 saturated heterocycles. The molecule has 0 spiro atoms. The Labute approximate surface area is 209 Å². The number of benzene rings is 3. The number of methoxy groups -OCH3 is 1. The van der Waals surface area contributed by atoms with Gasteiger partial charge in [0.15, 0.2) is 11.5 Å². The number of esters is 1. The highest BCUT2D eigenvalue weighted by Crippen LogP contribution is 2.28. The van der Waals surface area contributed by atoms with Gasteiger partial charge in [-0.05, 0) is 66.6 Å². The van der Waals surface area contributed by atoms with Gasteiger partial charge in [0, 0.05) is 15.2 Å². The maximum atomic E-state index is 12.4. The van der Waals surface area contributed by atoms with E-state index in [-0.39, 0.29) is 11.5 Å². The van der Waals surface area contributed by atoms with Crippen molar-refractivity contribution in [1.82, 2.24) is 5.43 Å². The van der Waals surface area contributed by atoms with Crippen LogP contribution in [0.15, 0.2) is 70.2 Å². The molecule has 3 aromatic rings. The van der Waals surface area contributed by atoms with E-state index in [0.717, 1.165) is 4.47 Å². The maximum absolute atomic E-state index is 12.4. The third-order valence-corrected chi connectivity index (χ3v) is 5.46. The Morgan fingerprint density at radius 1 is 1.00 bits per heavy atom. The Kier molecular flexibility index (Phi) is 8.39. The van der Waals surface area contributed by atoms with Crippen molar-refractivity contribution in [2.45, 2.75) is 6.92 Å². The average Bonchev–Trinajstić information content (AvgIpc) is 2.82. The van der Waals surface area contributed by atoms with Crippen LogP contribution in [0.2, 0.25) is 5.02 Å². The number of halogens is 2. The predicted molar refractivity (Wildman–Crippen MR) is 133 cm³/mol. The van der Waals surface area contributed by atoms with Crippen molar-refractivity contribution >= 4 is 57.2 Å². The van der Waals surface area contributed by atoms with Crippen LogP contribution in [0.1, 0.15) is 21.5 Å². The van der Waals surface area contributed by atoms with Crippen LogP contribution in [-0.4, -0.2) is 31.1 Å². The second kappa shape index (κ2) is 11.4. The Hall–Kier alpha value is -3.69. The molecule has 0 unspecified atom stereocenters. The molecule has 0 bridgehead atoms. The number of hydrogen-bond acceptors (Lipinski definition) is 6. The summed E-state index contributed by atoms with van der Waals surface area (Å²) >= 11 is 9.33. The summed E-state index contributed by atoms with van der Waals surface area (Å²) in [7, 11) is 1.43. The second-order valence-corrected chi connectivity index (χ2v) is 8.20. The topological polar surface area (TPSA) is 106 Å². The number of rotatable bonds is 6. The zero-order valence-corrected chi connectivity index (χ0v) is 20.4. The summed E-state index contributed by atoms with van der Waals surface area (Å²) in [4.78, 5) is 36.5. The summed E-state index contributed by atoms with van der Waals surface area (Å²) in [5.74, 6) is -1.90. The number of hydrazone groups is 1. The molecule has 0 aliphatic rings. The van der Waals surface area contributed by atoms with Crippen molar-refractivity contribution in [2.24, 2.45) is 5.10 Å². The molecule has 0 radical (unpaired) electrons. The molecule has 0 aliphatic carbocycles. The van der Waals surface area contributed by atoms with Gasteiger partial charge in [0.1, 0.15) is 0 Å². The van der Waals surface area contributed by atoms with Crippen LogP contribution in [0.25, 0.3) is 0 Å². The van der Waals surface area contributed by atoms with Gasteiger partial charge in [-0.2, -0.15) is 5.10 Å². The highest BCUT2D eigenvalue weighted by molar-refractivity contribution is 9.10. The summed E-state index contributed by atoms with van der Waals surface area (Å²) in [6.45, 7) is 1.72. The van der Waals surface area contributed by atoms with E-state index < -0.39 is 17.8 Å². The van der Waals surface area contributed by atoms with E-state index in [1.54, 1.807) is 61.5 Å². The van der Waals surface area contributed by atoms with Gasteiger partial charge in [0.25, 0.3) is 0 Å². The van der Waals surface area contributed by atoms with E-state index in [2.05, 4.69) is 31.8 Å². The molecule has 0 heterocycles.